The number of aryl methyl sites for hydroxylation is 1. The molecule has 1 aliphatic rings. The SMILES string of the molecule is CCCCc1c(Cc2ccc(-c3ccccc3-c3noc(=O)[nH]3)cc2)c(=O)n(C2CCC(OCC(C)(C)O)CC2)c2ncnn12.[KH]. The summed E-state index contributed by atoms with van der Waals surface area (Å²) in [5.41, 5.74) is 4.42. The zero-order valence-corrected chi connectivity index (χ0v) is 26.0. The van der Waals surface area contributed by atoms with E-state index in [-0.39, 0.29) is 75.7 Å². The fourth-order valence-electron chi connectivity index (χ4n) is 6.27. The van der Waals surface area contributed by atoms with E-state index < -0.39 is 11.4 Å². The maximum atomic E-state index is 14.4. The molecule has 0 atom stereocenters. The van der Waals surface area contributed by atoms with Crippen LogP contribution in [0.3, 0.4) is 0 Å². The average molecular weight is 653 g/mol. The standard InChI is InChI=1S/C34H40N6O5.K.H/c1-4-5-10-29-28(19-22-11-13-23(14-12-22)26-8-6-7-9-27(26)30-37-33(42)45-38-30)31(41)39(32-35-21-36-40(29)32)24-15-17-25(18-16-24)44-20-34(2,3)43;;/h6-9,11-14,21,24-25,43H,4-5,10,15-20H2,1-3H3,(H,37,38,42);;. The van der Waals surface area contributed by atoms with Gasteiger partial charge in [-0.3, -0.25) is 18.9 Å². The van der Waals surface area contributed by atoms with Crippen molar-refractivity contribution < 1.29 is 14.4 Å². The van der Waals surface area contributed by atoms with Crippen LogP contribution < -0.4 is 11.3 Å². The van der Waals surface area contributed by atoms with Gasteiger partial charge in [0, 0.05) is 23.6 Å². The van der Waals surface area contributed by atoms with Gasteiger partial charge in [0.15, 0.2) is 5.82 Å². The molecule has 0 bridgehead atoms. The fraction of sp³-hybridized carbons (Fsp3) is 0.441. The number of hydrogen-bond acceptors (Lipinski definition) is 8. The Hall–Kier alpha value is -2.71. The molecule has 5 aromatic rings. The minimum atomic E-state index is -0.871. The molecule has 11 nitrogen and oxygen atoms in total. The molecule has 0 spiro atoms. The van der Waals surface area contributed by atoms with Crippen LogP contribution in [0.25, 0.3) is 28.3 Å². The van der Waals surface area contributed by atoms with Gasteiger partial charge in [-0.2, -0.15) is 10.1 Å². The normalized spacial score (nSPS) is 16.9. The van der Waals surface area contributed by atoms with Crippen LogP contribution in [-0.4, -0.2) is 104 Å². The van der Waals surface area contributed by atoms with Crippen molar-refractivity contribution in [3.63, 3.8) is 0 Å². The van der Waals surface area contributed by atoms with Crippen molar-refractivity contribution in [1.29, 1.82) is 0 Å². The first-order valence-electron chi connectivity index (χ1n) is 15.8. The molecule has 6 rings (SSSR count). The number of ether oxygens (including phenoxy) is 1. The van der Waals surface area contributed by atoms with Gasteiger partial charge in [-0.25, -0.2) is 9.31 Å². The number of fused-ring (bicyclic) bond motifs is 1. The molecule has 0 saturated heterocycles. The van der Waals surface area contributed by atoms with Crippen molar-refractivity contribution in [1.82, 2.24) is 29.3 Å². The van der Waals surface area contributed by atoms with E-state index in [0.29, 0.717) is 18.0 Å². The summed E-state index contributed by atoms with van der Waals surface area (Å²) in [4.78, 5) is 33.1. The van der Waals surface area contributed by atoms with Crippen molar-refractivity contribution in [3.8, 4) is 22.5 Å². The predicted molar refractivity (Wildman–Crippen MR) is 177 cm³/mol. The Balaban J connectivity index is 0.00000417. The molecule has 238 valence electrons. The van der Waals surface area contributed by atoms with Crippen LogP contribution in [0.4, 0.5) is 0 Å². The van der Waals surface area contributed by atoms with E-state index in [9.17, 15) is 14.7 Å². The maximum absolute atomic E-state index is 14.4. The molecule has 2 aromatic carbocycles. The van der Waals surface area contributed by atoms with Gasteiger partial charge in [-0.1, -0.05) is 67.0 Å². The summed E-state index contributed by atoms with van der Waals surface area (Å²) in [6.07, 6.45) is 7.95. The Labute approximate surface area is 309 Å². The quantitative estimate of drug-likeness (QED) is 0.200. The molecule has 0 unspecified atom stereocenters. The van der Waals surface area contributed by atoms with Crippen molar-refractivity contribution >= 4 is 57.2 Å². The van der Waals surface area contributed by atoms with E-state index in [1.54, 1.807) is 13.8 Å². The van der Waals surface area contributed by atoms with Gasteiger partial charge in [-0.15, -0.1) is 0 Å². The number of hydrogen-bond donors (Lipinski definition) is 2. The van der Waals surface area contributed by atoms with Gasteiger partial charge in [-0.05, 0) is 69.1 Å². The summed E-state index contributed by atoms with van der Waals surface area (Å²) >= 11 is 0. The summed E-state index contributed by atoms with van der Waals surface area (Å²) < 4.78 is 14.4. The number of aliphatic hydroxyl groups is 1. The summed E-state index contributed by atoms with van der Waals surface area (Å²) in [5, 5.41) is 18.5. The molecule has 0 radical (unpaired) electrons. The zero-order chi connectivity index (χ0) is 31.6. The number of rotatable bonds is 11. The van der Waals surface area contributed by atoms with E-state index in [1.165, 1.54) is 6.33 Å². The van der Waals surface area contributed by atoms with E-state index in [4.69, 9.17) is 9.26 Å². The number of nitrogens with zero attached hydrogens (tertiary/aromatic N) is 5. The fourth-order valence-corrected chi connectivity index (χ4v) is 6.27. The summed E-state index contributed by atoms with van der Waals surface area (Å²) in [7, 11) is 0. The molecule has 1 saturated carbocycles. The third-order valence-electron chi connectivity index (χ3n) is 8.54. The van der Waals surface area contributed by atoms with Crippen LogP contribution >= 0.6 is 0 Å². The number of benzene rings is 2. The predicted octanol–water partition coefficient (Wildman–Crippen LogP) is 4.46. The topological polar surface area (TPSA) is 141 Å². The number of H-pyrrole nitrogens is 1. The van der Waals surface area contributed by atoms with Crippen molar-refractivity contribution in [3.05, 3.63) is 92.6 Å². The van der Waals surface area contributed by atoms with Crippen molar-refractivity contribution in [2.45, 2.75) is 89.9 Å². The molecule has 3 heterocycles. The Bertz CT molecular complexity index is 1880. The first kappa shape index (κ1) is 34.6. The molecule has 46 heavy (non-hydrogen) atoms. The molecule has 12 heteroatoms. The van der Waals surface area contributed by atoms with Crippen LogP contribution in [0.2, 0.25) is 0 Å². The van der Waals surface area contributed by atoms with Crippen LogP contribution in [0, 0.1) is 0 Å². The zero-order valence-electron chi connectivity index (χ0n) is 26.0. The third kappa shape index (κ3) is 7.70. The Morgan fingerprint density at radius 1 is 1.04 bits per heavy atom. The molecule has 0 aliphatic heterocycles. The monoisotopic (exact) mass is 652 g/mol. The van der Waals surface area contributed by atoms with Gasteiger partial charge in [0.1, 0.15) is 6.33 Å². The van der Waals surface area contributed by atoms with Gasteiger partial charge < -0.3 is 9.84 Å². The molecule has 1 aliphatic carbocycles. The van der Waals surface area contributed by atoms with Gasteiger partial charge in [0.05, 0.1) is 24.0 Å². The molecule has 1 fully saturated rings. The van der Waals surface area contributed by atoms with Crippen molar-refractivity contribution in [2.24, 2.45) is 0 Å². The van der Waals surface area contributed by atoms with Crippen LogP contribution in [0.1, 0.15) is 82.2 Å². The Morgan fingerprint density at radius 3 is 2.41 bits per heavy atom. The number of unbranched alkanes of at least 4 members (excludes halogenated alkanes) is 1. The van der Waals surface area contributed by atoms with E-state index >= 15 is 0 Å². The van der Waals surface area contributed by atoms with Gasteiger partial charge in [0.2, 0.25) is 5.78 Å². The second-order valence-corrected chi connectivity index (χ2v) is 12.6. The van der Waals surface area contributed by atoms with Gasteiger partial charge >= 0.3 is 57.1 Å². The first-order chi connectivity index (χ1) is 21.7. The minimum absolute atomic E-state index is 0. The van der Waals surface area contributed by atoms with Gasteiger partial charge in [0.25, 0.3) is 5.56 Å². The number of nitrogens with one attached hydrogen (secondary N) is 1. The Kier molecular flexibility index (Phi) is 11.3. The Morgan fingerprint density at radius 2 is 1.76 bits per heavy atom. The molecule has 0 amide bonds. The molecular weight excluding hydrogens is 612 g/mol. The van der Waals surface area contributed by atoms with E-state index in [2.05, 4.69) is 27.1 Å². The first-order valence-corrected chi connectivity index (χ1v) is 15.8. The molecular formula is C34H41KN6O5. The van der Waals surface area contributed by atoms with E-state index in [1.807, 2.05) is 57.6 Å². The van der Waals surface area contributed by atoms with Crippen LogP contribution in [0.15, 0.2) is 69.0 Å². The van der Waals surface area contributed by atoms with Crippen LogP contribution in [0.5, 0.6) is 0 Å². The average Bonchev–Trinajstić information content (AvgIpc) is 3.70. The second kappa shape index (κ2) is 15.0. The van der Waals surface area contributed by atoms with Crippen LogP contribution in [-0.2, 0) is 17.6 Å². The number of aromatic nitrogens is 6. The second-order valence-electron chi connectivity index (χ2n) is 12.6. The van der Waals surface area contributed by atoms with E-state index in [0.717, 1.165) is 78.5 Å². The summed E-state index contributed by atoms with van der Waals surface area (Å²) in [6.45, 7) is 5.92. The number of aromatic amines is 1. The molecule has 2 N–H and O–H groups in total. The molecule has 3 aromatic heterocycles. The summed E-state index contributed by atoms with van der Waals surface area (Å²) in [6, 6.07) is 15.8. The van der Waals surface area contributed by atoms with Crippen molar-refractivity contribution in [2.75, 3.05) is 6.61 Å². The third-order valence-corrected chi connectivity index (χ3v) is 8.54. The summed E-state index contributed by atoms with van der Waals surface area (Å²) in [5.74, 6) is 0.365.